The molecular formula is C38H37N3O5S. The number of aliphatic hydroxyl groups is 1. The number of rotatable bonds is 11. The van der Waals surface area contributed by atoms with Gasteiger partial charge in [-0.25, -0.2) is 28.3 Å². The largest absolute Gasteiger partial charge is 0.512 e. The van der Waals surface area contributed by atoms with Crippen LogP contribution in [-0.2, 0) is 32.4 Å². The van der Waals surface area contributed by atoms with Gasteiger partial charge in [-0.1, -0.05) is 110 Å². The van der Waals surface area contributed by atoms with Crippen LogP contribution in [0.4, 0.5) is 0 Å². The fraction of sp³-hybridized carbons (Fsp3) is 0.237. The Hall–Kier alpha value is -4.86. The standard InChI is InChI=1S/C38H37N3O5S/c1-2-28(29-17-9-10-18-30(29)35-31-19-11-12-20-32(31)40-37(41-35)47(39,44)45)34-33(42)25-38(46-36(34)43,23-21-26-13-5-3-6-14-26)24-22-27-15-7-4-8-16-27/h3-20,28,42H,2,21-25H2,1H3,(H2,39,44,45). The van der Waals surface area contributed by atoms with Gasteiger partial charge in [-0.05, 0) is 54.9 Å². The van der Waals surface area contributed by atoms with E-state index in [9.17, 15) is 18.3 Å². The van der Waals surface area contributed by atoms with Gasteiger partial charge in [-0.15, -0.1) is 0 Å². The summed E-state index contributed by atoms with van der Waals surface area (Å²) in [4.78, 5) is 22.7. The van der Waals surface area contributed by atoms with E-state index in [4.69, 9.17) is 9.88 Å². The first kappa shape index (κ1) is 32.1. The highest BCUT2D eigenvalue weighted by Crippen LogP contribution is 2.44. The Morgan fingerprint density at radius 3 is 2.00 bits per heavy atom. The SMILES string of the molecule is CCC(C1=C(O)CC(CCc2ccccc2)(CCc2ccccc2)OC1=O)c1ccccc1-c1nc(S(N)(=O)=O)nc2ccccc12. The summed E-state index contributed by atoms with van der Waals surface area (Å²) < 4.78 is 31.1. The summed E-state index contributed by atoms with van der Waals surface area (Å²) in [6, 6.07) is 34.6. The lowest BCUT2D eigenvalue weighted by Crippen LogP contribution is -2.42. The van der Waals surface area contributed by atoms with Gasteiger partial charge in [0.05, 0.1) is 16.8 Å². The van der Waals surface area contributed by atoms with Gasteiger partial charge < -0.3 is 9.84 Å². The lowest BCUT2D eigenvalue weighted by molar-refractivity contribution is -0.161. The molecule has 0 saturated heterocycles. The van der Waals surface area contributed by atoms with Gasteiger partial charge in [0.1, 0.15) is 11.4 Å². The Kier molecular flexibility index (Phi) is 9.20. The number of aryl methyl sites for hydroxylation is 2. The molecule has 240 valence electrons. The number of aliphatic hydroxyl groups excluding tert-OH is 1. The molecule has 0 amide bonds. The zero-order chi connectivity index (χ0) is 33.0. The normalized spacial score (nSPS) is 15.4. The molecule has 1 atom stereocenters. The van der Waals surface area contributed by atoms with Crippen LogP contribution in [0.15, 0.2) is 126 Å². The van der Waals surface area contributed by atoms with E-state index in [1.165, 1.54) is 0 Å². The molecule has 6 rings (SSSR count). The Balaban J connectivity index is 1.40. The topological polar surface area (TPSA) is 132 Å². The third kappa shape index (κ3) is 6.96. The molecule has 47 heavy (non-hydrogen) atoms. The first-order valence-corrected chi connectivity index (χ1v) is 17.3. The van der Waals surface area contributed by atoms with Crippen LogP contribution in [0, 0.1) is 0 Å². The van der Waals surface area contributed by atoms with Crippen LogP contribution in [0.5, 0.6) is 0 Å². The van der Waals surface area contributed by atoms with Crippen LogP contribution in [-0.4, -0.2) is 35.1 Å². The van der Waals surface area contributed by atoms with Crippen molar-refractivity contribution in [3.8, 4) is 11.3 Å². The van der Waals surface area contributed by atoms with Crippen LogP contribution >= 0.6 is 0 Å². The first-order chi connectivity index (χ1) is 22.7. The van der Waals surface area contributed by atoms with Crippen LogP contribution in [0.2, 0.25) is 0 Å². The smallest absolute Gasteiger partial charge is 0.338 e. The van der Waals surface area contributed by atoms with Gasteiger partial charge in [-0.2, -0.15) is 0 Å². The fourth-order valence-electron chi connectivity index (χ4n) is 6.57. The van der Waals surface area contributed by atoms with Crippen LogP contribution in [0.1, 0.15) is 55.2 Å². The zero-order valence-electron chi connectivity index (χ0n) is 26.2. The molecule has 1 aliphatic heterocycles. The van der Waals surface area contributed by atoms with Crippen molar-refractivity contribution in [2.75, 3.05) is 0 Å². The lowest BCUT2D eigenvalue weighted by Gasteiger charge is -2.39. The highest BCUT2D eigenvalue weighted by molar-refractivity contribution is 7.89. The summed E-state index contributed by atoms with van der Waals surface area (Å²) >= 11 is 0. The van der Waals surface area contributed by atoms with Crippen molar-refractivity contribution in [2.45, 2.75) is 62.1 Å². The second-order valence-corrected chi connectivity index (χ2v) is 13.5. The number of sulfonamides is 1. The minimum atomic E-state index is -4.21. The van der Waals surface area contributed by atoms with E-state index in [0.717, 1.165) is 11.1 Å². The second kappa shape index (κ2) is 13.5. The Labute approximate surface area is 275 Å². The van der Waals surface area contributed by atoms with E-state index >= 15 is 0 Å². The third-order valence-electron chi connectivity index (χ3n) is 8.94. The fourth-order valence-corrected chi connectivity index (χ4v) is 7.01. The molecule has 0 bridgehead atoms. The number of nitrogens with zero attached hydrogens (tertiary/aromatic N) is 2. The van der Waals surface area contributed by atoms with Gasteiger partial charge in [0.2, 0.25) is 0 Å². The van der Waals surface area contributed by atoms with Crippen molar-refractivity contribution in [3.63, 3.8) is 0 Å². The Morgan fingerprint density at radius 2 is 1.40 bits per heavy atom. The molecule has 2 heterocycles. The van der Waals surface area contributed by atoms with Gasteiger partial charge in [0.15, 0.2) is 0 Å². The summed E-state index contributed by atoms with van der Waals surface area (Å²) in [7, 11) is -4.21. The maximum atomic E-state index is 14.1. The molecule has 0 spiro atoms. The molecule has 4 aromatic carbocycles. The maximum Gasteiger partial charge on any atom is 0.338 e. The summed E-state index contributed by atoms with van der Waals surface area (Å²) in [5.74, 6) is -1.08. The van der Waals surface area contributed by atoms with Gasteiger partial charge in [0, 0.05) is 23.3 Å². The van der Waals surface area contributed by atoms with Crippen molar-refractivity contribution >= 4 is 26.9 Å². The summed E-state index contributed by atoms with van der Waals surface area (Å²) in [6.07, 6.45) is 3.17. The van der Waals surface area contributed by atoms with Crippen LogP contribution in [0.25, 0.3) is 22.2 Å². The molecule has 1 aromatic heterocycles. The minimum absolute atomic E-state index is 0.0156. The Morgan fingerprint density at radius 1 is 0.830 bits per heavy atom. The predicted molar refractivity (Wildman–Crippen MR) is 182 cm³/mol. The lowest BCUT2D eigenvalue weighted by atomic mass is 9.78. The van der Waals surface area contributed by atoms with Gasteiger partial charge >= 0.3 is 5.97 Å². The van der Waals surface area contributed by atoms with Gasteiger partial charge in [-0.3, -0.25) is 0 Å². The molecule has 9 heteroatoms. The molecule has 0 fully saturated rings. The predicted octanol–water partition coefficient (Wildman–Crippen LogP) is 7.20. The second-order valence-electron chi connectivity index (χ2n) is 12.0. The number of carbonyl (C=O) groups excluding carboxylic acids is 1. The number of esters is 1. The first-order valence-electron chi connectivity index (χ1n) is 15.8. The molecule has 5 aromatic rings. The highest BCUT2D eigenvalue weighted by Gasteiger charge is 2.44. The number of primary sulfonamides is 1. The number of fused-ring (bicyclic) bond motifs is 1. The number of hydrogen-bond acceptors (Lipinski definition) is 7. The van der Waals surface area contributed by atoms with Crippen molar-refractivity contribution in [1.82, 2.24) is 9.97 Å². The molecule has 1 unspecified atom stereocenters. The summed E-state index contributed by atoms with van der Waals surface area (Å²) in [5, 5.41) is 17.4. The molecule has 0 aliphatic carbocycles. The van der Waals surface area contributed by atoms with E-state index in [-0.39, 0.29) is 17.8 Å². The van der Waals surface area contributed by atoms with E-state index in [0.29, 0.717) is 59.8 Å². The molecule has 0 saturated carbocycles. The van der Waals surface area contributed by atoms with Crippen molar-refractivity contribution in [2.24, 2.45) is 5.14 Å². The molecule has 8 nitrogen and oxygen atoms in total. The number of cyclic esters (lactones) is 1. The number of ether oxygens (including phenoxy) is 1. The number of carbonyl (C=O) groups is 1. The summed E-state index contributed by atoms with van der Waals surface area (Å²) in [6.45, 7) is 1.94. The van der Waals surface area contributed by atoms with Crippen LogP contribution < -0.4 is 5.14 Å². The number of nitrogens with two attached hydrogens (primary N) is 1. The minimum Gasteiger partial charge on any atom is -0.512 e. The summed E-state index contributed by atoms with van der Waals surface area (Å²) in [5.41, 5.74) is 3.70. The number of benzene rings is 4. The van der Waals surface area contributed by atoms with E-state index in [1.54, 1.807) is 12.1 Å². The van der Waals surface area contributed by atoms with Crippen molar-refractivity contribution in [1.29, 1.82) is 0 Å². The van der Waals surface area contributed by atoms with Crippen molar-refractivity contribution < 1.29 is 23.1 Å². The van der Waals surface area contributed by atoms with E-state index < -0.39 is 32.7 Å². The third-order valence-corrected chi connectivity index (χ3v) is 9.63. The number of para-hydroxylation sites is 1. The van der Waals surface area contributed by atoms with Crippen LogP contribution in [0.3, 0.4) is 0 Å². The number of aromatic nitrogens is 2. The van der Waals surface area contributed by atoms with E-state index in [1.807, 2.05) is 79.7 Å². The maximum absolute atomic E-state index is 14.1. The van der Waals surface area contributed by atoms with E-state index in [2.05, 4.69) is 34.2 Å². The molecule has 0 radical (unpaired) electrons. The van der Waals surface area contributed by atoms with Gasteiger partial charge in [0.25, 0.3) is 15.2 Å². The Bertz CT molecular complexity index is 2000. The monoisotopic (exact) mass is 647 g/mol. The average molecular weight is 648 g/mol. The highest BCUT2D eigenvalue weighted by atomic mass is 32.2. The number of hydrogen-bond donors (Lipinski definition) is 2. The molecular weight excluding hydrogens is 611 g/mol. The molecule has 3 N–H and O–H groups in total. The average Bonchev–Trinajstić information content (AvgIpc) is 3.08. The zero-order valence-corrected chi connectivity index (χ0v) is 27.0. The quantitative estimate of drug-likeness (QED) is 0.114. The molecule has 1 aliphatic rings. The van der Waals surface area contributed by atoms with Crippen molar-refractivity contribution in [3.05, 3.63) is 137 Å².